The number of Topliss-reactive ketones (excluding diaryl/α,β-unsaturated/α-hetero) is 1. The summed E-state index contributed by atoms with van der Waals surface area (Å²) in [4.78, 5) is 23.7. The number of nitrogens with one attached hydrogen (secondary N) is 1. The minimum Gasteiger partial charge on any atom is -0.318 e. The zero-order valence-corrected chi connectivity index (χ0v) is 11.3. The maximum absolute atomic E-state index is 11.8. The number of carbonyl (C=O) groups is 2. The van der Waals surface area contributed by atoms with Crippen molar-refractivity contribution in [1.29, 1.82) is 0 Å². The quantitative estimate of drug-likeness (QED) is 0.847. The fraction of sp³-hybridized carbons (Fsp3) is 0.308. The third kappa shape index (κ3) is 2.41. The molecule has 94 valence electrons. The van der Waals surface area contributed by atoms with Gasteiger partial charge in [0, 0.05) is 17.0 Å². The van der Waals surface area contributed by atoms with Crippen LogP contribution in [0.1, 0.15) is 20.8 Å². The predicted molar refractivity (Wildman–Crippen MR) is 72.7 cm³/mol. The first kappa shape index (κ1) is 12.7. The lowest BCUT2D eigenvalue weighted by Gasteiger charge is -2.15. The first-order chi connectivity index (χ1) is 8.39. The number of hydrogen-bond donors (Lipinski definition) is 1. The SMILES string of the molecule is CC(C)(C)C(=O)C(=O)Nc1cccc2cnsc12. The average Bonchev–Trinajstić information content (AvgIpc) is 2.75. The van der Waals surface area contributed by atoms with Gasteiger partial charge in [-0.05, 0) is 17.6 Å². The van der Waals surface area contributed by atoms with E-state index in [1.165, 1.54) is 11.5 Å². The van der Waals surface area contributed by atoms with Crippen LogP contribution in [0.5, 0.6) is 0 Å². The Morgan fingerprint density at radius 1 is 1.28 bits per heavy atom. The minimum atomic E-state index is -0.675. The fourth-order valence-corrected chi connectivity index (χ4v) is 2.23. The molecule has 2 aromatic rings. The van der Waals surface area contributed by atoms with Crippen LogP contribution in [0.4, 0.5) is 5.69 Å². The van der Waals surface area contributed by atoms with Crippen molar-refractivity contribution in [1.82, 2.24) is 4.37 Å². The minimum absolute atomic E-state index is 0.427. The van der Waals surface area contributed by atoms with E-state index in [4.69, 9.17) is 0 Å². The van der Waals surface area contributed by atoms with Gasteiger partial charge in [0.25, 0.3) is 5.91 Å². The van der Waals surface area contributed by atoms with Gasteiger partial charge < -0.3 is 5.32 Å². The van der Waals surface area contributed by atoms with E-state index in [9.17, 15) is 9.59 Å². The van der Waals surface area contributed by atoms with Gasteiger partial charge in [-0.3, -0.25) is 9.59 Å². The van der Waals surface area contributed by atoms with E-state index in [0.29, 0.717) is 5.69 Å². The van der Waals surface area contributed by atoms with Crippen LogP contribution in [0, 0.1) is 5.41 Å². The number of hydrogen-bond acceptors (Lipinski definition) is 4. The summed E-state index contributed by atoms with van der Waals surface area (Å²) in [6.07, 6.45) is 1.74. The number of amides is 1. The number of carbonyl (C=O) groups excluding carboxylic acids is 2. The largest absolute Gasteiger partial charge is 0.318 e. The van der Waals surface area contributed by atoms with Crippen LogP contribution >= 0.6 is 11.5 Å². The molecule has 0 saturated heterocycles. The summed E-state index contributed by atoms with van der Waals surface area (Å²) in [6, 6.07) is 5.52. The predicted octanol–water partition coefficient (Wildman–Crippen LogP) is 2.85. The van der Waals surface area contributed by atoms with Gasteiger partial charge in [-0.25, -0.2) is 0 Å². The molecule has 1 aromatic heterocycles. The summed E-state index contributed by atoms with van der Waals surface area (Å²) in [5.41, 5.74) is -0.0383. The second kappa shape index (κ2) is 4.49. The number of nitrogens with zero attached hydrogens (tertiary/aromatic N) is 1. The Labute approximate surface area is 109 Å². The van der Waals surface area contributed by atoms with Crippen molar-refractivity contribution >= 4 is 39.0 Å². The third-order valence-electron chi connectivity index (χ3n) is 2.52. The van der Waals surface area contributed by atoms with E-state index in [0.717, 1.165) is 10.1 Å². The number of rotatable bonds is 2. The summed E-state index contributed by atoms with van der Waals surface area (Å²) in [5.74, 6) is -1.01. The highest BCUT2D eigenvalue weighted by Gasteiger charge is 2.28. The van der Waals surface area contributed by atoms with E-state index in [1.54, 1.807) is 33.0 Å². The van der Waals surface area contributed by atoms with Crippen molar-refractivity contribution in [3.05, 3.63) is 24.4 Å². The summed E-state index contributed by atoms with van der Waals surface area (Å²) in [7, 11) is 0. The number of fused-ring (bicyclic) bond motifs is 1. The molecule has 0 fully saturated rings. The Morgan fingerprint density at radius 3 is 2.67 bits per heavy atom. The second-order valence-electron chi connectivity index (χ2n) is 5.08. The van der Waals surface area contributed by atoms with Gasteiger partial charge in [-0.2, -0.15) is 4.37 Å². The Balaban J connectivity index is 2.27. The van der Waals surface area contributed by atoms with Gasteiger partial charge in [-0.1, -0.05) is 32.9 Å². The molecule has 0 aliphatic heterocycles. The average molecular weight is 262 g/mol. The zero-order chi connectivity index (χ0) is 13.3. The summed E-state index contributed by atoms with van der Waals surface area (Å²) in [6.45, 7) is 5.17. The molecule has 0 spiro atoms. The Morgan fingerprint density at radius 2 is 2.00 bits per heavy atom. The molecule has 0 radical (unpaired) electrons. The maximum Gasteiger partial charge on any atom is 0.292 e. The molecule has 4 nitrogen and oxygen atoms in total. The zero-order valence-electron chi connectivity index (χ0n) is 10.5. The molecule has 18 heavy (non-hydrogen) atoms. The highest BCUT2D eigenvalue weighted by atomic mass is 32.1. The second-order valence-corrected chi connectivity index (χ2v) is 5.88. The fourth-order valence-electron chi connectivity index (χ4n) is 1.51. The molecular formula is C13H14N2O2S. The summed E-state index contributed by atoms with van der Waals surface area (Å²) < 4.78 is 4.95. The van der Waals surface area contributed by atoms with Crippen LogP contribution in [0.25, 0.3) is 10.1 Å². The molecular weight excluding hydrogens is 248 g/mol. The molecule has 0 bridgehead atoms. The normalized spacial score (nSPS) is 11.5. The van der Waals surface area contributed by atoms with Crippen molar-refractivity contribution in [3.63, 3.8) is 0 Å². The summed E-state index contributed by atoms with van der Waals surface area (Å²) in [5, 5.41) is 3.62. The lowest BCUT2D eigenvalue weighted by Crippen LogP contribution is -2.33. The third-order valence-corrected chi connectivity index (χ3v) is 3.37. The lowest BCUT2D eigenvalue weighted by molar-refractivity contribution is -0.139. The van der Waals surface area contributed by atoms with Crippen LogP contribution in [0.3, 0.4) is 0 Å². The molecule has 1 N–H and O–H groups in total. The van der Waals surface area contributed by atoms with Gasteiger partial charge in [-0.15, -0.1) is 0 Å². The molecule has 1 amide bonds. The smallest absolute Gasteiger partial charge is 0.292 e. The van der Waals surface area contributed by atoms with Crippen molar-refractivity contribution in [2.24, 2.45) is 5.41 Å². The number of anilines is 1. The van der Waals surface area contributed by atoms with Crippen molar-refractivity contribution < 1.29 is 9.59 Å². The summed E-state index contributed by atoms with van der Waals surface area (Å²) >= 11 is 1.30. The molecule has 0 aliphatic carbocycles. The Kier molecular flexibility index (Phi) is 3.17. The van der Waals surface area contributed by atoms with Crippen LogP contribution in [-0.2, 0) is 9.59 Å². The maximum atomic E-state index is 11.8. The van der Waals surface area contributed by atoms with Gasteiger partial charge in [0.15, 0.2) is 0 Å². The molecule has 1 aromatic carbocycles. The number of aromatic nitrogens is 1. The molecule has 0 unspecified atom stereocenters. The van der Waals surface area contributed by atoms with Gasteiger partial charge >= 0.3 is 0 Å². The van der Waals surface area contributed by atoms with E-state index < -0.39 is 17.1 Å². The van der Waals surface area contributed by atoms with Crippen molar-refractivity contribution in [3.8, 4) is 0 Å². The van der Waals surface area contributed by atoms with Gasteiger partial charge in [0.1, 0.15) is 0 Å². The lowest BCUT2D eigenvalue weighted by atomic mass is 9.90. The van der Waals surface area contributed by atoms with Crippen LogP contribution < -0.4 is 5.32 Å². The van der Waals surface area contributed by atoms with Crippen LogP contribution in [-0.4, -0.2) is 16.1 Å². The van der Waals surface area contributed by atoms with E-state index >= 15 is 0 Å². The molecule has 0 atom stereocenters. The Bertz CT molecular complexity index is 611. The highest BCUT2D eigenvalue weighted by Crippen LogP contribution is 2.27. The number of benzene rings is 1. The highest BCUT2D eigenvalue weighted by molar-refractivity contribution is 7.14. The number of ketones is 1. The van der Waals surface area contributed by atoms with Crippen LogP contribution in [0.2, 0.25) is 0 Å². The van der Waals surface area contributed by atoms with E-state index in [1.807, 2.05) is 12.1 Å². The first-order valence-electron chi connectivity index (χ1n) is 5.59. The molecule has 0 aliphatic rings. The van der Waals surface area contributed by atoms with E-state index in [2.05, 4.69) is 9.69 Å². The topological polar surface area (TPSA) is 59.1 Å². The molecule has 0 saturated carbocycles. The van der Waals surface area contributed by atoms with E-state index in [-0.39, 0.29) is 0 Å². The van der Waals surface area contributed by atoms with Crippen molar-refractivity contribution in [2.75, 3.05) is 5.32 Å². The monoisotopic (exact) mass is 262 g/mol. The van der Waals surface area contributed by atoms with Crippen LogP contribution in [0.15, 0.2) is 24.4 Å². The Hall–Kier alpha value is -1.75. The molecule has 1 heterocycles. The first-order valence-corrected chi connectivity index (χ1v) is 6.36. The standard InChI is InChI=1S/C13H14N2O2S/c1-13(2,3)11(16)12(17)15-9-6-4-5-8-7-14-18-10(8)9/h4-7H,1-3H3,(H,15,17). The van der Waals surface area contributed by atoms with Gasteiger partial charge in [0.2, 0.25) is 5.78 Å². The van der Waals surface area contributed by atoms with Crippen molar-refractivity contribution in [2.45, 2.75) is 20.8 Å². The molecule has 2 rings (SSSR count). The molecule has 5 heteroatoms. The van der Waals surface area contributed by atoms with Gasteiger partial charge in [0.05, 0.1) is 10.4 Å².